The molecule has 0 bridgehead atoms. The van der Waals surface area contributed by atoms with Crippen LogP contribution in [0.3, 0.4) is 0 Å². The van der Waals surface area contributed by atoms with Crippen molar-refractivity contribution in [2.24, 2.45) is 0 Å². The number of hydrogen-bond donors (Lipinski definition) is 0. The van der Waals surface area contributed by atoms with E-state index in [0.717, 1.165) is 0 Å². The largest absolute Gasteiger partial charge is 0.373 e. The van der Waals surface area contributed by atoms with Gasteiger partial charge in [-0.15, -0.1) is 0 Å². The molecule has 0 aliphatic rings. The lowest BCUT2D eigenvalue weighted by Crippen LogP contribution is -2.80. The molecule has 0 saturated carbocycles. The average Bonchev–Trinajstić information content (AvgIpc) is 2.91. The highest BCUT2D eigenvalue weighted by Gasteiger charge is 2.54. The van der Waals surface area contributed by atoms with Gasteiger partial charge in [0, 0.05) is 0 Å². The van der Waals surface area contributed by atoms with E-state index in [0.29, 0.717) is 18.8 Å². The van der Waals surface area contributed by atoms with Crippen LogP contribution in [0.2, 0.25) is 18.6 Å². The van der Waals surface area contributed by atoms with E-state index in [-0.39, 0.29) is 0 Å². The van der Waals surface area contributed by atoms with E-state index in [9.17, 15) is 0 Å². The molecule has 0 N–H and O–H groups in total. The Labute approximate surface area is 212 Å². The third-order valence-electron chi connectivity index (χ3n) is 7.37. The van der Waals surface area contributed by atoms with Crippen LogP contribution in [0.25, 0.3) is 0 Å². The van der Waals surface area contributed by atoms with Crippen LogP contribution in [0.4, 0.5) is 0 Å². The van der Waals surface area contributed by atoms with Crippen LogP contribution < -0.4 is 15.6 Å². The first kappa shape index (κ1) is 25.1. The standard InChI is InChI=1S/C32H36OSi2/c1-28(17-16-26-33-27-29-18-8-4-9-19-29)35(31-22-12-6-13-23-31,32-24-14-7-15-25-32)34(2,3)30-20-10-5-11-21-30/h4-25,28H,26-27H2,1-3H3/b17-16+/t28-/m1/s1. The van der Waals surface area contributed by atoms with Gasteiger partial charge < -0.3 is 4.74 Å². The average molecular weight is 493 g/mol. The van der Waals surface area contributed by atoms with E-state index in [4.69, 9.17) is 4.74 Å². The molecule has 0 heterocycles. The lowest BCUT2D eigenvalue weighted by Gasteiger charge is -2.48. The minimum atomic E-state index is -2.25. The van der Waals surface area contributed by atoms with Crippen LogP contribution >= 0.6 is 0 Å². The number of rotatable bonds is 10. The van der Waals surface area contributed by atoms with E-state index < -0.39 is 15.2 Å². The maximum absolute atomic E-state index is 6.00. The fourth-order valence-electron chi connectivity index (χ4n) is 5.69. The molecule has 0 radical (unpaired) electrons. The van der Waals surface area contributed by atoms with Gasteiger partial charge in [0.1, 0.15) is 7.59 Å². The summed E-state index contributed by atoms with van der Waals surface area (Å²) in [5.74, 6) is 0. The Morgan fingerprint density at radius 2 is 1.06 bits per heavy atom. The summed E-state index contributed by atoms with van der Waals surface area (Å²) in [6, 6.07) is 44.3. The summed E-state index contributed by atoms with van der Waals surface area (Å²) in [6.45, 7) is 8.89. The maximum atomic E-state index is 6.00. The summed E-state index contributed by atoms with van der Waals surface area (Å²) >= 11 is 0. The molecule has 4 rings (SSSR count). The van der Waals surface area contributed by atoms with E-state index in [1.165, 1.54) is 21.1 Å². The van der Waals surface area contributed by atoms with Gasteiger partial charge in [-0.1, -0.05) is 169 Å². The monoisotopic (exact) mass is 492 g/mol. The Balaban J connectivity index is 1.74. The van der Waals surface area contributed by atoms with Gasteiger partial charge in [-0.25, -0.2) is 0 Å². The molecule has 0 saturated heterocycles. The Hall–Kier alpha value is -2.99. The Kier molecular flexibility index (Phi) is 8.35. The second kappa shape index (κ2) is 11.6. The van der Waals surface area contributed by atoms with Crippen molar-refractivity contribution in [1.82, 2.24) is 0 Å². The minimum absolute atomic E-state index is 0.412. The van der Waals surface area contributed by atoms with Gasteiger partial charge in [0.25, 0.3) is 0 Å². The molecule has 0 unspecified atom stereocenters. The Bertz CT molecular complexity index is 1150. The van der Waals surface area contributed by atoms with Crippen molar-refractivity contribution in [3.63, 3.8) is 0 Å². The highest BCUT2D eigenvalue weighted by molar-refractivity contribution is 7.55. The summed E-state index contributed by atoms with van der Waals surface area (Å²) < 4.78 is 6.00. The molecule has 1 nitrogen and oxygen atoms in total. The second-order valence-electron chi connectivity index (χ2n) is 9.75. The van der Waals surface area contributed by atoms with Crippen LogP contribution in [-0.2, 0) is 11.3 Å². The van der Waals surface area contributed by atoms with Crippen molar-refractivity contribution in [2.45, 2.75) is 32.2 Å². The molecular formula is C32H36OSi2. The third kappa shape index (κ3) is 5.33. The molecule has 35 heavy (non-hydrogen) atoms. The summed E-state index contributed by atoms with van der Waals surface area (Å²) in [5.41, 5.74) is 1.62. The molecular weight excluding hydrogens is 457 g/mol. The molecule has 0 aliphatic carbocycles. The van der Waals surface area contributed by atoms with Crippen LogP contribution in [0.5, 0.6) is 0 Å². The number of allylic oxidation sites excluding steroid dienone is 1. The summed E-state index contributed by atoms with van der Waals surface area (Å²) in [4.78, 5) is 0. The fourth-order valence-corrected chi connectivity index (χ4v) is 23.9. The summed E-state index contributed by atoms with van der Waals surface area (Å²) in [5, 5.41) is 4.57. The van der Waals surface area contributed by atoms with E-state index in [1.807, 2.05) is 6.07 Å². The maximum Gasteiger partial charge on any atom is 0.122 e. The van der Waals surface area contributed by atoms with Gasteiger partial charge in [-0.3, -0.25) is 0 Å². The number of benzene rings is 4. The topological polar surface area (TPSA) is 9.23 Å². The first-order valence-electron chi connectivity index (χ1n) is 12.5. The zero-order chi connectivity index (χ0) is 24.6. The molecule has 3 heteroatoms. The van der Waals surface area contributed by atoms with Crippen LogP contribution in [0, 0.1) is 0 Å². The smallest absolute Gasteiger partial charge is 0.122 e. The van der Waals surface area contributed by atoms with Gasteiger partial charge in [0.2, 0.25) is 0 Å². The SMILES string of the molecule is C[C@H](/C=C/COCc1ccccc1)[Si](c1ccccc1)(c1ccccc1)[Si](C)(C)c1ccccc1. The first-order chi connectivity index (χ1) is 17.1. The quantitative estimate of drug-likeness (QED) is 0.147. The van der Waals surface area contributed by atoms with Crippen molar-refractivity contribution in [3.8, 4) is 0 Å². The number of hydrogen-bond acceptors (Lipinski definition) is 1. The van der Waals surface area contributed by atoms with Gasteiger partial charge in [0.15, 0.2) is 0 Å². The molecule has 0 fully saturated rings. The zero-order valence-electron chi connectivity index (χ0n) is 21.1. The molecule has 4 aromatic rings. The lowest BCUT2D eigenvalue weighted by molar-refractivity contribution is 0.148. The van der Waals surface area contributed by atoms with E-state index >= 15 is 0 Å². The summed E-state index contributed by atoms with van der Waals surface area (Å²) in [6.07, 6.45) is 4.69. The van der Waals surface area contributed by atoms with Crippen molar-refractivity contribution < 1.29 is 4.74 Å². The molecule has 4 aromatic carbocycles. The highest BCUT2D eigenvalue weighted by Crippen LogP contribution is 2.32. The second-order valence-corrected chi connectivity index (χ2v) is 23.4. The minimum Gasteiger partial charge on any atom is -0.373 e. The van der Waals surface area contributed by atoms with Crippen molar-refractivity contribution in [3.05, 3.63) is 139 Å². The molecule has 0 amide bonds. The van der Waals surface area contributed by atoms with Crippen LogP contribution in [0.15, 0.2) is 133 Å². The number of ether oxygens (including phenoxy) is 1. The van der Waals surface area contributed by atoms with Gasteiger partial charge >= 0.3 is 0 Å². The van der Waals surface area contributed by atoms with E-state index in [2.05, 4.69) is 147 Å². The molecule has 0 aliphatic heterocycles. The molecule has 0 spiro atoms. The van der Waals surface area contributed by atoms with Gasteiger partial charge in [0.05, 0.1) is 20.8 Å². The predicted molar refractivity (Wildman–Crippen MR) is 156 cm³/mol. The van der Waals surface area contributed by atoms with Crippen LogP contribution in [0.1, 0.15) is 12.5 Å². The molecule has 0 aromatic heterocycles. The van der Waals surface area contributed by atoms with Crippen LogP contribution in [-0.4, -0.2) is 21.8 Å². The summed E-state index contributed by atoms with van der Waals surface area (Å²) in [7, 11) is -4.23. The Morgan fingerprint density at radius 1 is 0.629 bits per heavy atom. The first-order valence-corrected chi connectivity index (χ1v) is 18.6. The fraction of sp³-hybridized carbons (Fsp3) is 0.188. The predicted octanol–water partition coefficient (Wildman–Crippen LogP) is 6.11. The normalized spacial score (nSPS) is 13.1. The van der Waals surface area contributed by atoms with Crippen molar-refractivity contribution >= 4 is 30.7 Å². The zero-order valence-corrected chi connectivity index (χ0v) is 23.1. The molecule has 1 atom stereocenters. The molecule has 178 valence electrons. The van der Waals surface area contributed by atoms with Crippen molar-refractivity contribution in [2.75, 3.05) is 6.61 Å². The third-order valence-corrected chi connectivity index (χ3v) is 25.0. The Morgan fingerprint density at radius 3 is 1.54 bits per heavy atom. The van der Waals surface area contributed by atoms with E-state index in [1.54, 1.807) is 0 Å². The van der Waals surface area contributed by atoms with Crippen molar-refractivity contribution in [1.29, 1.82) is 0 Å². The highest BCUT2D eigenvalue weighted by atomic mass is 29.3. The van der Waals surface area contributed by atoms with Gasteiger partial charge in [-0.2, -0.15) is 0 Å². The van der Waals surface area contributed by atoms with Gasteiger partial charge in [-0.05, 0) is 11.1 Å². The lowest BCUT2D eigenvalue weighted by atomic mass is 10.2.